The van der Waals surface area contributed by atoms with Gasteiger partial charge in [0.25, 0.3) is 0 Å². The first-order valence-corrected chi connectivity index (χ1v) is 18.0. The molecule has 0 saturated carbocycles. The summed E-state index contributed by atoms with van der Waals surface area (Å²) in [5.41, 5.74) is 33.2. The topological polar surface area (TPSA) is 52.0 Å². The molecule has 0 heterocycles. The molecule has 244 valence electrons. The van der Waals surface area contributed by atoms with Crippen molar-refractivity contribution in [1.82, 2.24) is 0 Å². The average Bonchev–Trinajstić information content (AvgIpc) is 3.66. The van der Waals surface area contributed by atoms with Crippen molar-refractivity contribution in [3.8, 4) is 44.5 Å². The number of anilines is 2. The van der Waals surface area contributed by atoms with Crippen molar-refractivity contribution in [2.75, 3.05) is 11.5 Å². The van der Waals surface area contributed by atoms with Crippen molar-refractivity contribution in [3.05, 3.63) is 226 Å². The van der Waals surface area contributed by atoms with E-state index in [1.165, 1.54) is 77.9 Å². The number of rotatable bonds is 2. The Balaban J connectivity index is 1.35. The predicted molar refractivity (Wildman–Crippen MR) is 214 cm³/mol. The lowest BCUT2D eigenvalue weighted by Gasteiger charge is -2.49. The van der Waals surface area contributed by atoms with Gasteiger partial charge in [0.1, 0.15) is 0 Å². The number of hydrogen-bond acceptors (Lipinski definition) is 2. The van der Waals surface area contributed by atoms with Crippen molar-refractivity contribution in [3.63, 3.8) is 0 Å². The van der Waals surface area contributed by atoms with Crippen molar-refractivity contribution < 1.29 is 0 Å². The fourth-order valence-electron chi connectivity index (χ4n) is 9.99. The summed E-state index contributed by atoms with van der Waals surface area (Å²) in [7, 11) is 0. The van der Waals surface area contributed by atoms with Crippen LogP contribution in [0.2, 0.25) is 0 Å². The van der Waals surface area contributed by atoms with Crippen LogP contribution in [0.5, 0.6) is 0 Å². The smallest absolute Gasteiger partial charge is 0.0720 e. The van der Waals surface area contributed by atoms with Crippen molar-refractivity contribution in [2.24, 2.45) is 0 Å². The molecule has 0 aliphatic heterocycles. The van der Waals surface area contributed by atoms with Gasteiger partial charge in [-0.1, -0.05) is 146 Å². The third kappa shape index (κ3) is 3.58. The normalized spacial score (nSPS) is 14.6. The van der Waals surface area contributed by atoms with E-state index in [4.69, 9.17) is 11.5 Å². The van der Waals surface area contributed by atoms with Crippen LogP contribution in [0.3, 0.4) is 0 Å². The highest BCUT2D eigenvalue weighted by Gasteiger charge is 2.59. The minimum Gasteiger partial charge on any atom is -0.399 e. The van der Waals surface area contributed by atoms with Crippen LogP contribution >= 0.6 is 0 Å². The maximum Gasteiger partial charge on any atom is 0.0720 e. The summed E-state index contributed by atoms with van der Waals surface area (Å²) in [6.45, 7) is 0. The molecule has 0 unspecified atom stereocenters. The van der Waals surface area contributed by atoms with Crippen LogP contribution in [0.25, 0.3) is 44.5 Å². The molecule has 2 spiro atoms. The van der Waals surface area contributed by atoms with Crippen molar-refractivity contribution in [2.45, 2.75) is 10.8 Å². The Morgan fingerprint density at radius 1 is 0.250 bits per heavy atom. The number of fused-ring (bicyclic) bond motifs is 16. The van der Waals surface area contributed by atoms with E-state index in [9.17, 15) is 0 Å². The first-order valence-electron chi connectivity index (χ1n) is 18.0. The molecule has 0 fully saturated rings. The van der Waals surface area contributed by atoms with E-state index in [2.05, 4.69) is 158 Å². The summed E-state index contributed by atoms with van der Waals surface area (Å²) >= 11 is 0. The molecule has 0 saturated heterocycles. The lowest BCUT2D eigenvalue weighted by molar-refractivity contribution is 0.633. The molecular weight excluding hydrogens is 629 g/mol. The highest BCUT2D eigenvalue weighted by Crippen LogP contribution is 2.67. The second-order valence-electron chi connectivity index (χ2n) is 14.4. The van der Waals surface area contributed by atoms with Gasteiger partial charge in [0.05, 0.1) is 10.8 Å². The highest BCUT2D eigenvalue weighted by molar-refractivity contribution is 5.95. The molecular formula is C50H34N2. The zero-order valence-corrected chi connectivity index (χ0v) is 28.5. The minimum atomic E-state index is -0.557. The van der Waals surface area contributed by atoms with Crippen LogP contribution in [0.4, 0.5) is 11.4 Å². The van der Waals surface area contributed by atoms with Gasteiger partial charge in [0, 0.05) is 11.4 Å². The van der Waals surface area contributed by atoms with Gasteiger partial charge < -0.3 is 11.5 Å². The van der Waals surface area contributed by atoms with Crippen molar-refractivity contribution >= 4 is 11.4 Å². The Labute approximate surface area is 303 Å². The summed E-state index contributed by atoms with van der Waals surface area (Å²) < 4.78 is 0. The lowest BCUT2D eigenvalue weighted by atomic mass is 9.52. The SMILES string of the molecule is Nc1ccc(-c2ccc3c(c2)C2(c4ccccc4-c4ccccc42)c2ccc(-c4ccc(N)cc4)cc2C32c3ccccc3-c3ccccc32)cc1. The molecule has 0 atom stereocenters. The quantitative estimate of drug-likeness (QED) is 0.181. The van der Waals surface area contributed by atoms with Gasteiger partial charge in [-0.15, -0.1) is 0 Å². The fourth-order valence-corrected chi connectivity index (χ4v) is 9.99. The van der Waals surface area contributed by atoms with E-state index >= 15 is 0 Å². The van der Waals surface area contributed by atoms with E-state index in [0.717, 1.165) is 22.5 Å². The molecule has 3 aliphatic carbocycles. The van der Waals surface area contributed by atoms with E-state index in [0.29, 0.717) is 0 Å². The van der Waals surface area contributed by atoms with E-state index in [1.807, 2.05) is 24.3 Å². The summed E-state index contributed by atoms with van der Waals surface area (Å²) in [6, 6.07) is 67.3. The zero-order valence-electron chi connectivity index (χ0n) is 28.5. The number of benzene rings is 8. The fraction of sp³-hybridized carbons (Fsp3) is 0.0400. The van der Waals surface area contributed by atoms with Gasteiger partial charge in [-0.3, -0.25) is 0 Å². The maximum absolute atomic E-state index is 6.19. The number of nitrogens with two attached hydrogens (primary N) is 2. The Kier molecular flexibility index (Phi) is 5.85. The third-order valence-electron chi connectivity index (χ3n) is 12.0. The van der Waals surface area contributed by atoms with Crippen LogP contribution in [-0.4, -0.2) is 0 Å². The molecule has 8 aromatic rings. The maximum atomic E-state index is 6.19. The van der Waals surface area contributed by atoms with E-state index in [1.54, 1.807) is 0 Å². The van der Waals surface area contributed by atoms with Gasteiger partial charge >= 0.3 is 0 Å². The average molecular weight is 663 g/mol. The molecule has 52 heavy (non-hydrogen) atoms. The molecule has 0 bridgehead atoms. The number of nitrogen functional groups attached to an aromatic ring is 2. The second kappa shape index (κ2) is 10.4. The van der Waals surface area contributed by atoms with Gasteiger partial charge in [-0.05, 0) is 125 Å². The molecule has 0 amide bonds. The summed E-state index contributed by atoms with van der Waals surface area (Å²) in [5.74, 6) is 0. The Hall–Kier alpha value is -6.64. The van der Waals surface area contributed by atoms with Crippen LogP contribution in [0.15, 0.2) is 182 Å². The zero-order chi connectivity index (χ0) is 34.6. The Morgan fingerprint density at radius 2 is 0.538 bits per heavy atom. The molecule has 2 heteroatoms. The molecule has 8 aromatic carbocycles. The molecule has 0 radical (unpaired) electrons. The Bertz CT molecular complexity index is 2470. The van der Waals surface area contributed by atoms with Crippen LogP contribution in [0, 0.1) is 0 Å². The van der Waals surface area contributed by atoms with Crippen LogP contribution in [0.1, 0.15) is 44.5 Å². The summed E-state index contributed by atoms with van der Waals surface area (Å²) in [4.78, 5) is 0. The molecule has 11 rings (SSSR count). The lowest BCUT2D eigenvalue weighted by Crippen LogP contribution is -2.43. The minimum absolute atomic E-state index is 0.557. The molecule has 0 aromatic heterocycles. The van der Waals surface area contributed by atoms with Crippen LogP contribution < -0.4 is 11.5 Å². The van der Waals surface area contributed by atoms with Gasteiger partial charge in [0.15, 0.2) is 0 Å². The monoisotopic (exact) mass is 662 g/mol. The van der Waals surface area contributed by atoms with E-state index in [-0.39, 0.29) is 0 Å². The molecule has 4 N–H and O–H groups in total. The second-order valence-corrected chi connectivity index (χ2v) is 14.4. The Morgan fingerprint density at radius 3 is 0.865 bits per heavy atom. The molecule has 2 nitrogen and oxygen atoms in total. The highest BCUT2D eigenvalue weighted by atomic mass is 14.6. The predicted octanol–water partition coefficient (Wildman–Crippen LogP) is 11.2. The van der Waals surface area contributed by atoms with Gasteiger partial charge in [0.2, 0.25) is 0 Å². The standard InChI is InChI=1S/C50H34N2/c51-35-23-17-31(18-24-35)33-22-28-46-47(29-33)49(41-13-5-1-9-37(41)38-10-2-6-14-42(38)49)45-27-21-34(32-19-25-36(52)26-20-32)30-48(45)50(46)43-15-7-3-11-39(43)40-12-4-8-16-44(40)50/h1-30H,51-52H2. The largest absolute Gasteiger partial charge is 0.399 e. The summed E-state index contributed by atoms with van der Waals surface area (Å²) in [5, 5.41) is 0. The van der Waals surface area contributed by atoms with Gasteiger partial charge in [-0.2, -0.15) is 0 Å². The van der Waals surface area contributed by atoms with Crippen LogP contribution in [-0.2, 0) is 10.8 Å². The summed E-state index contributed by atoms with van der Waals surface area (Å²) in [6.07, 6.45) is 0. The van der Waals surface area contributed by atoms with E-state index < -0.39 is 10.8 Å². The number of hydrogen-bond donors (Lipinski definition) is 2. The first-order chi connectivity index (χ1) is 25.6. The first kappa shape index (κ1) is 29.1. The molecule has 3 aliphatic rings. The van der Waals surface area contributed by atoms with Gasteiger partial charge in [-0.25, -0.2) is 0 Å². The third-order valence-corrected chi connectivity index (χ3v) is 12.0. The van der Waals surface area contributed by atoms with Crippen molar-refractivity contribution in [1.29, 1.82) is 0 Å².